The van der Waals surface area contributed by atoms with Crippen molar-refractivity contribution in [2.45, 2.75) is 18.9 Å². The van der Waals surface area contributed by atoms with E-state index in [4.69, 9.17) is 15.3 Å². The van der Waals surface area contributed by atoms with E-state index in [0.29, 0.717) is 0 Å². The van der Waals surface area contributed by atoms with Crippen molar-refractivity contribution in [2.75, 3.05) is 14.2 Å². The van der Waals surface area contributed by atoms with Crippen molar-refractivity contribution in [3.63, 3.8) is 0 Å². The number of methoxy groups -OCH3 is 2. The van der Waals surface area contributed by atoms with E-state index in [9.17, 15) is 0 Å². The molecule has 2 rings (SSSR count). The Morgan fingerprint density at radius 1 is 0.952 bits per heavy atom. The summed E-state index contributed by atoms with van der Waals surface area (Å²) in [6.45, 7) is 0. The first-order chi connectivity index (χ1) is 10.3. The molecule has 1 atom stereocenters. The third-order valence-electron chi connectivity index (χ3n) is 3.58. The molecule has 0 saturated heterocycles. The minimum absolute atomic E-state index is 0.0312. The molecule has 0 aliphatic rings. The molecule has 1 unspecified atom stereocenters. The van der Waals surface area contributed by atoms with Gasteiger partial charge in [-0.1, -0.05) is 36.4 Å². The Hall–Kier alpha value is -2.04. The van der Waals surface area contributed by atoms with Crippen LogP contribution in [-0.2, 0) is 6.42 Å². The second-order valence-corrected chi connectivity index (χ2v) is 4.82. The second-order valence-electron chi connectivity index (χ2n) is 4.82. The van der Waals surface area contributed by atoms with Crippen LogP contribution in [0.25, 0.3) is 0 Å². The first-order valence-electron chi connectivity index (χ1n) is 7.01. The number of hydrazine groups is 1. The number of nitrogens with one attached hydrogen (secondary N) is 1. The van der Waals surface area contributed by atoms with Crippen molar-refractivity contribution >= 4 is 0 Å². The van der Waals surface area contributed by atoms with Gasteiger partial charge in [0.15, 0.2) is 0 Å². The lowest BCUT2D eigenvalue weighted by molar-refractivity contribution is 0.367. The molecule has 2 aromatic rings. The van der Waals surface area contributed by atoms with Crippen molar-refractivity contribution in [2.24, 2.45) is 5.84 Å². The van der Waals surface area contributed by atoms with Crippen LogP contribution in [-0.4, -0.2) is 14.2 Å². The first-order valence-corrected chi connectivity index (χ1v) is 7.01. The summed E-state index contributed by atoms with van der Waals surface area (Å²) in [5, 5.41) is 0. The predicted molar refractivity (Wildman–Crippen MR) is 84.4 cm³/mol. The number of rotatable bonds is 7. The zero-order valence-electron chi connectivity index (χ0n) is 12.5. The molecule has 4 heteroatoms. The Morgan fingerprint density at radius 2 is 1.57 bits per heavy atom. The van der Waals surface area contributed by atoms with Crippen LogP contribution in [0.5, 0.6) is 11.5 Å². The molecule has 0 fully saturated rings. The lowest BCUT2D eigenvalue weighted by Gasteiger charge is -2.21. The minimum Gasteiger partial charge on any atom is -0.496 e. The first kappa shape index (κ1) is 15.4. The van der Waals surface area contributed by atoms with E-state index in [2.05, 4.69) is 17.6 Å². The normalized spacial score (nSPS) is 12.0. The van der Waals surface area contributed by atoms with Crippen LogP contribution in [0.3, 0.4) is 0 Å². The second kappa shape index (κ2) is 7.67. The van der Waals surface area contributed by atoms with Gasteiger partial charge in [0.05, 0.1) is 25.8 Å². The molecule has 0 aromatic heterocycles. The quantitative estimate of drug-likeness (QED) is 0.607. The molecule has 2 aromatic carbocycles. The zero-order chi connectivity index (χ0) is 15.1. The lowest BCUT2D eigenvalue weighted by Crippen LogP contribution is -2.29. The van der Waals surface area contributed by atoms with Crippen LogP contribution in [0.1, 0.15) is 23.6 Å². The Morgan fingerprint density at radius 3 is 2.10 bits per heavy atom. The highest BCUT2D eigenvalue weighted by atomic mass is 16.5. The van der Waals surface area contributed by atoms with Gasteiger partial charge in [-0.2, -0.15) is 0 Å². The Labute approximate surface area is 125 Å². The van der Waals surface area contributed by atoms with Crippen LogP contribution in [0, 0.1) is 0 Å². The molecule has 0 aliphatic carbocycles. The summed E-state index contributed by atoms with van der Waals surface area (Å²) in [5.74, 6) is 7.32. The summed E-state index contributed by atoms with van der Waals surface area (Å²) in [4.78, 5) is 0. The van der Waals surface area contributed by atoms with Crippen LogP contribution < -0.4 is 20.7 Å². The highest BCUT2D eigenvalue weighted by molar-refractivity contribution is 5.47. The fraction of sp³-hybridized carbons (Fsp3) is 0.294. The lowest BCUT2D eigenvalue weighted by atomic mass is 9.98. The van der Waals surface area contributed by atoms with E-state index in [0.717, 1.165) is 29.9 Å². The third-order valence-corrected chi connectivity index (χ3v) is 3.58. The van der Waals surface area contributed by atoms with Crippen molar-refractivity contribution in [1.82, 2.24) is 5.43 Å². The summed E-state index contributed by atoms with van der Waals surface area (Å²) < 4.78 is 10.9. The molecule has 0 spiro atoms. The van der Waals surface area contributed by atoms with Gasteiger partial charge >= 0.3 is 0 Å². The smallest absolute Gasteiger partial charge is 0.127 e. The number of ether oxygens (including phenoxy) is 2. The summed E-state index contributed by atoms with van der Waals surface area (Å²) >= 11 is 0. The van der Waals surface area contributed by atoms with E-state index in [1.165, 1.54) is 5.56 Å². The topological polar surface area (TPSA) is 56.5 Å². The molecular formula is C17H22N2O2. The van der Waals surface area contributed by atoms with Gasteiger partial charge in [-0.15, -0.1) is 0 Å². The largest absolute Gasteiger partial charge is 0.496 e. The molecule has 0 bridgehead atoms. The third kappa shape index (κ3) is 3.74. The number of aryl methyl sites for hydroxylation is 1. The monoisotopic (exact) mass is 286 g/mol. The van der Waals surface area contributed by atoms with Gasteiger partial charge in [0.25, 0.3) is 0 Å². The highest BCUT2D eigenvalue weighted by Gasteiger charge is 2.19. The van der Waals surface area contributed by atoms with Crippen molar-refractivity contribution < 1.29 is 9.47 Å². The van der Waals surface area contributed by atoms with E-state index in [-0.39, 0.29) is 6.04 Å². The van der Waals surface area contributed by atoms with Gasteiger partial charge in [0.2, 0.25) is 0 Å². The molecule has 0 saturated carbocycles. The Balaban J connectivity index is 2.21. The number of benzene rings is 2. The molecule has 0 heterocycles. The minimum atomic E-state index is -0.0312. The predicted octanol–water partition coefficient (Wildman–Crippen LogP) is 2.84. The van der Waals surface area contributed by atoms with E-state index in [1.54, 1.807) is 14.2 Å². The fourth-order valence-electron chi connectivity index (χ4n) is 2.49. The number of hydrogen-bond donors (Lipinski definition) is 2. The van der Waals surface area contributed by atoms with Crippen molar-refractivity contribution in [1.29, 1.82) is 0 Å². The molecule has 0 radical (unpaired) electrons. The molecule has 4 nitrogen and oxygen atoms in total. The summed E-state index contributed by atoms with van der Waals surface area (Å²) in [6.07, 6.45) is 1.79. The SMILES string of the molecule is COc1cccc(OC)c1C(CCc1ccccc1)NN. The van der Waals surface area contributed by atoms with Crippen LogP contribution in [0.4, 0.5) is 0 Å². The maximum absolute atomic E-state index is 5.76. The summed E-state index contributed by atoms with van der Waals surface area (Å²) in [7, 11) is 3.31. The molecule has 0 aliphatic heterocycles. The molecule has 3 N–H and O–H groups in total. The van der Waals surface area contributed by atoms with Gasteiger partial charge in [0, 0.05) is 0 Å². The van der Waals surface area contributed by atoms with Gasteiger partial charge in [-0.05, 0) is 30.5 Å². The van der Waals surface area contributed by atoms with Gasteiger partial charge in [-0.25, -0.2) is 0 Å². The highest BCUT2D eigenvalue weighted by Crippen LogP contribution is 2.35. The van der Waals surface area contributed by atoms with Crippen molar-refractivity contribution in [3.8, 4) is 11.5 Å². The number of nitrogens with two attached hydrogens (primary N) is 1. The van der Waals surface area contributed by atoms with E-state index >= 15 is 0 Å². The van der Waals surface area contributed by atoms with Crippen LogP contribution in [0.2, 0.25) is 0 Å². The van der Waals surface area contributed by atoms with Crippen LogP contribution >= 0.6 is 0 Å². The van der Waals surface area contributed by atoms with Crippen LogP contribution in [0.15, 0.2) is 48.5 Å². The van der Waals surface area contributed by atoms with Gasteiger partial charge < -0.3 is 9.47 Å². The standard InChI is InChI=1S/C17H22N2O2/c1-20-15-9-6-10-16(21-2)17(15)14(19-18)12-11-13-7-4-3-5-8-13/h3-10,14,19H,11-12,18H2,1-2H3. The molecule has 21 heavy (non-hydrogen) atoms. The summed E-state index contributed by atoms with van der Waals surface area (Å²) in [5.41, 5.74) is 5.12. The molecular weight excluding hydrogens is 264 g/mol. The summed E-state index contributed by atoms with van der Waals surface area (Å²) in [6, 6.07) is 16.1. The molecule has 0 amide bonds. The molecule has 112 valence electrons. The zero-order valence-corrected chi connectivity index (χ0v) is 12.5. The number of hydrogen-bond acceptors (Lipinski definition) is 4. The average molecular weight is 286 g/mol. The van der Waals surface area contributed by atoms with E-state index in [1.807, 2.05) is 36.4 Å². The average Bonchev–Trinajstić information content (AvgIpc) is 2.56. The maximum Gasteiger partial charge on any atom is 0.127 e. The Kier molecular flexibility index (Phi) is 5.60. The van der Waals surface area contributed by atoms with E-state index < -0.39 is 0 Å². The van der Waals surface area contributed by atoms with Gasteiger partial charge in [0.1, 0.15) is 11.5 Å². The van der Waals surface area contributed by atoms with Crippen molar-refractivity contribution in [3.05, 3.63) is 59.7 Å². The Bertz CT molecular complexity index is 536. The maximum atomic E-state index is 5.76. The fourth-order valence-corrected chi connectivity index (χ4v) is 2.49. The van der Waals surface area contributed by atoms with Gasteiger partial charge in [-0.3, -0.25) is 11.3 Å².